The molecule has 1 aromatic heterocycles. The van der Waals surface area contributed by atoms with Crippen molar-refractivity contribution in [2.24, 2.45) is 5.92 Å². The van der Waals surface area contributed by atoms with E-state index >= 15 is 0 Å². The van der Waals surface area contributed by atoms with E-state index in [2.05, 4.69) is 10.6 Å². The third-order valence-corrected chi connectivity index (χ3v) is 6.13. The van der Waals surface area contributed by atoms with E-state index in [1.807, 2.05) is 6.07 Å². The quantitative estimate of drug-likeness (QED) is 0.774. The molecule has 4 rings (SSSR count). The molecule has 1 saturated carbocycles. The topological polar surface area (TPSA) is 60.7 Å². The molecule has 0 bridgehead atoms. The van der Waals surface area contributed by atoms with Gasteiger partial charge in [-0.25, -0.2) is 0 Å². The SMILES string of the molecule is COc1cc(OCCC(=O)O)cc2c3c(n(CC4CCCC4)c12)CCCC3. The van der Waals surface area contributed by atoms with Crippen LogP contribution in [0.2, 0.25) is 0 Å². The molecule has 2 aliphatic rings. The minimum atomic E-state index is -0.844. The van der Waals surface area contributed by atoms with Crippen LogP contribution in [0.25, 0.3) is 10.9 Å². The molecule has 0 atom stereocenters. The Bertz CT molecular complexity index is 833. The van der Waals surface area contributed by atoms with Gasteiger partial charge in [0.1, 0.15) is 11.5 Å². The van der Waals surface area contributed by atoms with Crippen LogP contribution in [0.3, 0.4) is 0 Å². The molecule has 0 aliphatic heterocycles. The van der Waals surface area contributed by atoms with Gasteiger partial charge >= 0.3 is 5.97 Å². The second kappa shape index (κ2) is 7.83. The molecule has 27 heavy (non-hydrogen) atoms. The monoisotopic (exact) mass is 371 g/mol. The fourth-order valence-electron chi connectivity index (χ4n) is 4.85. The first kappa shape index (κ1) is 18.2. The first-order valence-corrected chi connectivity index (χ1v) is 10.2. The van der Waals surface area contributed by atoms with Crippen LogP contribution in [0, 0.1) is 5.92 Å². The molecule has 1 aromatic carbocycles. The maximum Gasteiger partial charge on any atom is 0.306 e. The number of ether oxygens (including phenoxy) is 2. The summed E-state index contributed by atoms with van der Waals surface area (Å²) in [5.74, 6) is 1.46. The first-order chi connectivity index (χ1) is 13.2. The van der Waals surface area contributed by atoms with Gasteiger partial charge in [0.05, 0.1) is 25.7 Å². The fourth-order valence-corrected chi connectivity index (χ4v) is 4.85. The highest BCUT2D eigenvalue weighted by molar-refractivity contribution is 5.92. The lowest BCUT2D eigenvalue weighted by Gasteiger charge is -2.19. The van der Waals surface area contributed by atoms with Crippen molar-refractivity contribution in [3.63, 3.8) is 0 Å². The Morgan fingerprint density at radius 2 is 1.96 bits per heavy atom. The number of hydrogen-bond acceptors (Lipinski definition) is 3. The molecule has 146 valence electrons. The van der Waals surface area contributed by atoms with E-state index in [9.17, 15) is 4.79 Å². The van der Waals surface area contributed by atoms with Gasteiger partial charge in [0, 0.05) is 23.7 Å². The van der Waals surface area contributed by atoms with Crippen molar-refractivity contribution in [3.8, 4) is 11.5 Å². The number of benzene rings is 1. The first-order valence-electron chi connectivity index (χ1n) is 10.2. The van der Waals surface area contributed by atoms with Gasteiger partial charge in [-0.1, -0.05) is 12.8 Å². The predicted molar refractivity (Wildman–Crippen MR) is 105 cm³/mol. The van der Waals surface area contributed by atoms with Crippen molar-refractivity contribution in [3.05, 3.63) is 23.4 Å². The average molecular weight is 371 g/mol. The van der Waals surface area contributed by atoms with Crippen molar-refractivity contribution >= 4 is 16.9 Å². The Morgan fingerprint density at radius 3 is 2.70 bits per heavy atom. The number of methoxy groups -OCH3 is 1. The Labute approximate surface area is 160 Å². The van der Waals surface area contributed by atoms with Gasteiger partial charge in [-0.05, 0) is 56.1 Å². The lowest BCUT2D eigenvalue weighted by atomic mass is 9.95. The molecule has 0 radical (unpaired) electrons. The Balaban J connectivity index is 1.76. The zero-order chi connectivity index (χ0) is 18.8. The van der Waals surface area contributed by atoms with E-state index in [0.717, 1.165) is 31.1 Å². The normalized spacial score (nSPS) is 17.2. The van der Waals surface area contributed by atoms with E-state index in [-0.39, 0.29) is 13.0 Å². The summed E-state index contributed by atoms with van der Waals surface area (Å²) >= 11 is 0. The van der Waals surface area contributed by atoms with Gasteiger partial charge in [0.2, 0.25) is 0 Å². The number of aryl methyl sites for hydroxylation is 1. The third kappa shape index (κ3) is 3.64. The highest BCUT2D eigenvalue weighted by atomic mass is 16.5. The van der Waals surface area contributed by atoms with E-state index in [1.165, 1.54) is 60.7 Å². The highest BCUT2D eigenvalue weighted by Gasteiger charge is 2.26. The molecule has 0 saturated heterocycles. The number of aromatic nitrogens is 1. The van der Waals surface area contributed by atoms with Crippen LogP contribution < -0.4 is 9.47 Å². The lowest BCUT2D eigenvalue weighted by Crippen LogP contribution is -2.13. The molecule has 2 aromatic rings. The van der Waals surface area contributed by atoms with E-state index in [1.54, 1.807) is 7.11 Å². The predicted octanol–water partition coefficient (Wildman–Crippen LogP) is 4.57. The lowest BCUT2D eigenvalue weighted by molar-refractivity contribution is -0.137. The highest BCUT2D eigenvalue weighted by Crippen LogP contribution is 2.41. The van der Waals surface area contributed by atoms with Crippen LogP contribution in [-0.4, -0.2) is 29.4 Å². The van der Waals surface area contributed by atoms with Crippen LogP contribution >= 0.6 is 0 Å². The summed E-state index contributed by atoms with van der Waals surface area (Å²) in [6.45, 7) is 1.26. The number of aliphatic carboxylic acids is 1. The maximum atomic E-state index is 10.8. The molecule has 1 N–H and O–H groups in total. The molecule has 5 heteroatoms. The number of nitrogens with zero attached hydrogens (tertiary/aromatic N) is 1. The van der Waals surface area contributed by atoms with Crippen LogP contribution in [0.1, 0.15) is 56.2 Å². The summed E-state index contributed by atoms with van der Waals surface area (Å²) in [6, 6.07) is 4.01. The molecular formula is C22H29NO4. The molecule has 2 aliphatic carbocycles. The van der Waals surface area contributed by atoms with Crippen LogP contribution in [-0.2, 0) is 24.2 Å². The number of carbonyl (C=O) groups is 1. The van der Waals surface area contributed by atoms with Crippen molar-refractivity contribution in [1.82, 2.24) is 4.57 Å². The summed E-state index contributed by atoms with van der Waals surface area (Å²) < 4.78 is 14.0. The molecule has 0 spiro atoms. The zero-order valence-electron chi connectivity index (χ0n) is 16.1. The number of rotatable bonds is 7. The minimum Gasteiger partial charge on any atom is -0.494 e. The third-order valence-electron chi connectivity index (χ3n) is 6.13. The summed E-state index contributed by atoms with van der Waals surface area (Å²) in [4.78, 5) is 10.8. The minimum absolute atomic E-state index is 0.00114. The van der Waals surface area contributed by atoms with Crippen molar-refractivity contribution < 1.29 is 19.4 Å². The van der Waals surface area contributed by atoms with Crippen LogP contribution in [0.15, 0.2) is 12.1 Å². The molecule has 5 nitrogen and oxygen atoms in total. The number of hydrogen-bond donors (Lipinski definition) is 1. The number of fused-ring (bicyclic) bond motifs is 3. The largest absolute Gasteiger partial charge is 0.494 e. The van der Waals surface area contributed by atoms with Crippen molar-refractivity contribution in [2.45, 2.75) is 64.3 Å². The molecule has 0 amide bonds. The van der Waals surface area contributed by atoms with Crippen LogP contribution in [0.5, 0.6) is 11.5 Å². The Kier molecular flexibility index (Phi) is 5.28. The summed E-state index contributed by atoms with van der Waals surface area (Å²) in [7, 11) is 1.71. The molecular weight excluding hydrogens is 342 g/mol. The summed E-state index contributed by atoms with van der Waals surface area (Å²) in [5, 5.41) is 10.1. The standard InChI is InChI=1S/C22H29NO4/c1-26-20-13-16(27-11-10-21(24)25)12-18-17-8-4-5-9-19(17)23(22(18)20)14-15-6-2-3-7-15/h12-13,15H,2-11,14H2,1H3,(H,24,25). The van der Waals surface area contributed by atoms with Gasteiger partial charge in [-0.15, -0.1) is 0 Å². The molecule has 1 fully saturated rings. The van der Waals surface area contributed by atoms with Gasteiger partial charge < -0.3 is 19.1 Å². The Morgan fingerprint density at radius 1 is 1.19 bits per heavy atom. The smallest absolute Gasteiger partial charge is 0.306 e. The van der Waals surface area contributed by atoms with Crippen molar-refractivity contribution in [2.75, 3.05) is 13.7 Å². The molecule has 0 unspecified atom stereocenters. The fraction of sp³-hybridized carbons (Fsp3) is 0.591. The number of carboxylic acid groups (broad SMARTS) is 1. The number of carboxylic acids is 1. The maximum absolute atomic E-state index is 10.8. The van der Waals surface area contributed by atoms with E-state index in [4.69, 9.17) is 14.6 Å². The van der Waals surface area contributed by atoms with Crippen molar-refractivity contribution in [1.29, 1.82) is 0 Å². The summed E-state index contributed by atoms with van der Waals surface area (Å²) in [5.41, 5.74) is 4.11. The second-order valence-corrected chi connectivity index (χ2v) is 7.91. The van der Waals surface area contributed by atoms with E-state index < -0.39 is 5.97 Å². The van der Waals surface area contributed by atoms with Gasteiger partial charge in [0.25, 0.3) is 0 Å². The molecule has 1 heterocycles. The van der Waals surface area contributed by atoms with Crippen LogP contribution in [0.4, 0.5) is 0 Å². The summed E-state index contributed by atoms with van der Waals surface area (Å²) in [6.07, 6.45) is 10.1. The van der Waals surface area contributed by atoms with Gasteiger partial charge in [0.15, 0.2) is 0 Å². The average Bonchev–Trinajstić information content (AvgIpc) is 3.28. The Hall–Kier alpha value is -2.17. The van der Waals surface area contributed by atoms with Gasteiger partial charge in [-0.3, -0.25) is 4.79 Å². The van der Waals surface area contributed by atoms with Gasteiger partial charge in [-0.2, -0.15) is 0 Å². The van der Waals surface area contributed by atoms with E-state index in [0.29, 0.717) is 5.75 Å². The zero-order valence-corrected chi connectivity index (χ0v) is 16.1. The second-order valence-electron chi connectivity index (χ2n) is 7.91.